The second-order valence-electron chi connectivity index (χ2n) is 8.34. The summed E-state index contributed by atoms with van der Waals surface area (Å²) in [6.07, 6.45) is 0.558. The molecule has 7 nitrogen and oxygen atoms in total. The minimum absolute atomic E-state index is 0.415. The number of hydrogen-bond donors (Lipinski definition) is 3. The Bertz CT molecular complexity index is 1600. The summed E-state index contributed by atoms with van der Waals surface area (Å²) in [6.45, 7) is 0.508. The average molecular weight is 520 g/mol. The molecule has 0 unspecified atom stereocenters. The second kappa shape index (κ2) is 10.2. The Balaban J connectivity index is 1.32. The van der Waals surface area contributed by atoms with Crippen LogP contribution in [0.5, 0.6) is 0 Å². The molecule has 0 radical (unpaired) electrons. The Morgan fingerprint density at radius 2 is 1.66 bits per heavy atom. The van der Waals surface area contributed by atoms with E-state index in [-0.39, 0.29) is 0 Å². The Hall–Kier alpha value is -4.93. The maximum Gasteiger partial charge on any atom is 0.416 e. The first-order valence-corrected chi connectivity index (χ1v) is 11.4. The molecular formula is C27H20F4N6O. The molecule has 5 aromatic rings. The Kier molecular flexibility index (Phi) is 6.65. The molecule has 11 heteroatoms. The average Bonchev–Trinajstić information content (AvgIpc) is 3.29. The molecule has 5 rings (SSSR count). The first-order chi connectivity index (χ1) is 18.3. The molecule has 0 aliphatic heterocycles. The number of urea groups is 1. The summed E-state index contributed by atoms with van der Waals surface area (Å²) in [5.41, 5.74) is 0.548. The van der Waals surface area contributed by atoms with Crippen molar-refractivity contribution >= 4 is 39.9 Å². The number of benzene rings is 2. The van der Waals surface area contributed by atoms with Crippen molar-refractivity contribution in [2.24, 2.45) is 0 Å². The molecule has 3 aromatic heterocycles. The summed E-state index contributed by atoms with van der Waals surface area (Å²) in [5.74, 6) is 0.327. The Morgan fingerprint density at radius 3 is 2.45 bits per heavy atom. The van der Waals surface area contributed by atoms with E-state index in [1.165, 1.54) is 0 Å². The molecule has 38 heavy (non-hydrogen) atoms. The highest BCUT2D eigenvalue weighted by Crippen LogP contribution is 2.32. The summed E-state index contributed by atoms with van der Waals surface area (Å²) < 4.78 is 54.9. The standard InChI is InChI=1S/C27H20F4N6O/c28-20-8-7-18(27(29,30)31)15-22(20)35-26(38)34-21-4-3-5-23-19(21)10-13-37(23)16-17-9-12-33-25(14-17)36-24-6-1-2-11-32-24/h1-15H,16H2,(H,32,33,36)(H2,34,35,38). The van der Waals surface area contributed by atoms with Crippen LogP contribution in [0.25, 0.3) is 10.9 Å². The number of nitrogens with zero attached hydrogens (tertiary/aromatic N) is 3. The number of carbonyl (C=O) groups excluding carboxylic acids is 1. The van der Waals surface area contributed by atoms with Crippen LogP contribution in [-0.2, 0) is 12.7 Å². The highest BCUT2D eigenvalue weighted by atomic mass is 19.4. The summed E-state index contributed by atoms with van der Waals surface area (Å²) >= 11 is 0. The maximum atomic E-state index is 14.0. The normalized spacial score (nSPS) is 11.4. The van der Waals surface area contributed by atoms with Crippen molar-refractivity contribution in [2.45, 2.75) is 12.7 Å². The number of fused-ring (bicyclic) bond motifs is 1. The lowest BCUT2D eigenvalue weighted by molar-refractivity contribution is -0.137. The van der Waals surface area contributed by atoms with E-state index in [4.69, 9.17) is 0 Å². The third kappa shape index (κ3) is 5.56. The lowest BCUT2D eigenvalue weighted by Crippen LogP contribution is -2.20. The molecule has 0 spiro atoms. The van der Waals surface area contributed by atoms with Crippen LogP contribution in [0.1, 0.15) is 11.1 Å². The van der Waals surface area contributed by atoms with Gasteiger partial charge in [0.25, 0.3) is 0 Å². The largest absolute Gasteiger partial charge is 0.416 e. The van der Waals surface area contributed by atoms with Gasteiger partial charge in [-0.1, -0.05) is 12.1 Å². The quantitative estimate of drug-likeness (QED) is 0.210. The summed E-state index contributed by atoms with van der Waals surface area (Å²) in [5, 5.41) is 8.61. The predicted octanol–water partition coefficient (Wildman–Crippen LogP) is 7.03. The smallest absolute Gasteiger partial charge is 0.343 e. The van der Waals surface area contributed by atoms with Gasteiger partial charge in [-0.15, -0.1) is 0 Å². The maximum absolute atomic E-state index is 14.0. The van der Waals surface area contributed by atoms with E-state index in [0.717, 1.165) is 11.1 Å². The summed E-state index contributed by atoms with van der Waals surface area (Å²) in [7, 11) is 0. The zero-order valence-corrected chi connectivity index (χ0v) is 19.6. The van der Waals surface area contributed by atoms with Gasteiger partial charge in [0.1, 0.15) is 17.5 Å². The van der Waals surface area contributed by atoms with E-state index in [1.807, 2.05) is 53.2 Å². The molecule has 2 amide bonds. The molecule has 0 saturated heterocycles. The zero-order valence-electron chi connectivity index (χ0n) is 19.6. The summed E-state index contributed by atoms with van der Waals surface area (Å²) in [4.78, 5) is 21.1. The van der Waals surface area contributed by atoms with Gasteiger partial charge in [-0.05, 0) is 66.2 Å². The minimum Gasteiger partial charge on any atom is -0.343 e. The molecule has 3 heterocycles. The number of amides is 2. The van der Waals surface area contributed by atoms with Crippen molar-refractivity contribution in [3.8, 4) is 0 Å². The number of hydrogen-bond acceptors (Lipinski definition) is 4. The highest BCUT2D eigenvalue weighted by molar-refractivity contribution is 6.05. The van der Waals surface area contributed by atoms with Crippen LogP contribution in [0.2, 0.25) is 0 Å². The van der Waals surface area contributed by atoms with E-state index < -0.39 is 29.3 Å². The van der Waals surface area contributed by atoms with Crippen LogP contribution in [0.4, 0.5) is 45.4 Å². The van der Waals surface area contributed by atoms with Gasteiger partial charge in [-0.3, -0.25) is 0 Å². The van der Waals surface area contributed by atoms with Crippen LogP contribution in [0.3, 0.4) is 0 Å². The number of aromatic nitrogens is 3. The minimum atomic E-state index is -4.67. The van der Waals surface area contributed by atoms with Gasteiger partial charge in [0.2, 0.25) is 0 Å². The van der Waals surface area contributed by atoms with E-state index in [0.29, 0.717) is 47.5 Å². The van der Waals surface area contributed by atoms with Gasteiger partial charge >= 0.3 is 12.2 Å². The van der Waals surface area contributed by atoms with E-state index in [2.05, 4.69) is 25.9 Å². The Labute approximate surface area is 214 Å². The number of rotatable bonds is 6. The van der Waals surface area contributed by atoms with Gasteiger partial charge in [0, 0.05) is 30.5 Å². The zero-order chi connectivity index (χ0) is 26.7. The fourth-order valence-corrected chi connectivity index (χ4v) is 3.95. The van der Waals surface area contributed by atoms with Crippen LogP contribution >= 0.6 is 0 Å². The molecule has 2 aromatic carbocycles. The van der Waals surface area contributed by atoms with Crippen molar-refractivity contribution in [2.75, 3.05) is 16.0 Å². The van der Waals surface area contributed by atoms with Crippen molar-refractivity contribution in [3.63, 3.8) is 0 Å². The number of alkyl halides is 3. The van der Waals surface area contributed by atoms with Gasteiger partial charge < -0.3 is 20.5 Å². The predicted molar refractivity (Wildman–Crippen MR) is 137 cm³/mol. The molecule has 0 bridgehead atoms. The Morgan fingerprint density at radius 1 is 0.842 bits per heavy atom. The van der Waals surface area contributed by atoms with Crippen LogP contribution in [-0.4, -0.2) is 20.6 Å². The molecule has 0 aliphatic rings. The number of carbonyl (C=O) groups is 1. The van der Waals surface area contributed by atoms with Crippen LogP contribution in [0, 0.1) is 5.82 Å². The first kappa shape index (κ1) is 24.8. The van der Waals surface area contributed by atoms with Crippen LogP contribution < -0.4 is 16.0 Å². The second-order valence-corrected chi connectivity index (χ2v) is 8.34. The SMILES string of the molecule is O=C(Nc1cc(C(F)(F)F)ccc1F)Nc1cccc2c1ccn2Cc1ccnc(Nc2ccccn2)c1. The number of nitrogens with one attached hydrogen (secondary N) is 3. The molecule has 0 atom stereocenters. The fraction of sp³-hybridized carbons (Fsp3) is 0.0741. The van der Waals surface area contributed by atoms with Gasteiger partial charge in [-0.25, -0.2) is 19.2 Å². The third-order valence-electron chi connectivity index (χ3n) is 5.70. The summed E-state index contributed by atoms with van der Waals surface area (Å²) in [6, 6.07) is 17.3. The van der Waals surface area contributed by atoms with E-state index in [1.54, 1.807) is 24.5 Å². The molecule has 0 aliphatic carbocycles. The van der Waals surface area contributed by atoms with E-state index in [9.17, 15) is 22.4 Å². The lowest BCUT2D eigenvalue weighted by Gasteiger charge is -2.13. The third-order valence-corrected chi connectivity index (χ3v) is 5.70. The fourth-order valence-electron chi connectivity index (χ4n) is 3.95. The number of anilines is 4. The molecule has 3 N–H and O–H groups in total. The highest BCUT2D eigenvalue weighted by Gasteiger charge is 2.31. The van der Waals surface area contributed by atoms with Gasteiger partial charge in [0.15, 0.2) is 0 Å². The van der Waals surface area contributed by atoms with Crippen molar-refractivity contribution < 1.29 is 22.4 Å². The van der Waals surface area contributed by atoms with Gasteiger partial charge in [-0.2, -0.15) is 13.2 Å². The first-order valence-electron chi connectivity index (χ1n) is 11.4. The van der Waals surface area contributed by atoms with E-state index >= 15 is 0 Å². The lowest BCUT2D eigenvalue weighted by atomic mass is 10.2. The molecule has 0 fully saturated rings. The molecule has 0 saturated carbocycles. The monoisotopic (exact) mass is 520 g/mol. The van der Waals surface area contributed by atoms with Gasteiger partial charge in [0.05, 0.1) is 22.5 Å². The topological polar surface area (TPSA) is 83.9 Å². The number of halogens is 4. The number of pyridine rings is 2. The van der Waals surface area contributed by atoms with Crippen molar-refractivity contribution in [1.29, 1.82) is 0 Å². The van der Waals surface area contributed by atoms with Crippen molar-refractivity contribution in [3.05, 3.63) is 108 Å². The van der Waals surface area contributed by atoms with Crippen LogP contribution in [0.15, 0.2) is 91.4 Å². The van der Waals surface area contributed by atoms with Crippen molar-refractivity contribution in [1.82, 2.24) is 14.5 Å². The molecular weight excluding hydrogens is 500 g/mol. The molecule has 192 valence electrons.